The molecule has 0 radical (unpaired) electrons. The molecule has 0 aliphatic carbocycles. The summed E-state index contributed by atoms with van der Waals surface area (Å²) in [7, 11) is 0. The third-order valence-corrected chi connectivity index (χ3v) is 14.9. The summed E-state index contributed by atoms with van der Waals surface area (Å²) >= 11 is 0. The van der Waals surface area contributed by atoms with Crippen molar-refractivity contribution < 1.29 is 0 Å². The van der Waals surface area contributed by atoms with Crippen LogP contribution in [0.25, 0.3) is 107 Å². The summed E-state index contributed by atoms with van der Waals surface area (Å²) in [4.78, 5) is 27.3. The molecule has 0 bridgehead atoms. The molecular formula is C71H68N6. The number of nitrogens with zero attached hydrogens (tertiary/aromatic N) is 6. The minimum absolute atomic E-state index is 0.118. The summed E-state index contributed by atoms with van der Waals surface area (Å²) in [6.07, 6.45) is 0. The van der Waals surface area contributed by atoms with Crippen molar-refractivity contribution in [3.05, 3.63) is 216 Å². The number of para-hydroxylation sites is 1. The van der Waals surface area contributed by atoms with Crippen LogP contribution in [0.4, 0.5) is 0 Å². The average Bonchev–Trinajstić information content (AvgIpc) is 3.83. The van der Waals surface area contributed by atoms with E-state index in [1.165, 1.54) is 44.2 Å². The molecule has 11 aromatic rings. The van der Waals surface area contributed by atoms with E-state index in [4.69, 9.17) is 24.9 Å². The molecule has 3 heterocycles. The van der Waals surface area contributed by atoms with Gasteiger partial charge in [-0.05, 0) is 122 Å². The summed E-state index contributed by atoms with van der Waals surface area (Å²) in [5.41, 5.74) is 17.1. The molecule has 0 amide bonds. The average molecular weight is 1010 g/mol. The lowest BCUT2D eigenvalue weighted by Crippen LogP contribution is -2.17. The fourth-order valence-electron chi connectivity index (χ4n) is 10.2. The number of rotatable bonds is 8. The fraction of sp³-hybridized carbons (Fsp3) is 0.225. The van der Waals surface area contributed by atoms with Crippen LogP contribution in [0.1, 0.15) is 105 Å². The van der Waals surface area contributed by atoms with E-state index in [0.717, 1.165) is 61.5 Å². The molecular weight excluding hydrogens is 937 g/mol. The maximum Gasteiger partial charge on any atom is 0.164 e. The van der Waals surface area contributed by atoms with Gasteiger partial charge in [-0.25, -0.2) is 24.9 Å². The first-order valence-corrected chi connectivity index (χ1v) is 27.0. The number of fused-ring (bicyclic) bond motifs is 3. The molecule has 0 aliphatic heterocycles. The topological polar surface area (TPSA) is 69.4 Å². The molecule has 0 saturated heterocycles. The Morgan fingerprint density at radius 1 is 0.273 bits per heavy atom. The zero-order valence-electron chi connectivity index (χ0n) is 46.7. The second kappa shape index (κ2) is 19.3. The van der Waals surface area contributed by atoms with Crippen LogP contribution in [0, 0.1) is 0 Å². The van der Waals surface area contributed by atoms with E-state index in [1.54, 1.807) is 0 Å². The van der Waals surface area contributed by atoms with Crippen molar-refractivity contribution in [2.45, 2.75) is 105 Å². The second-order valence-electron chi connectivity index (χ2n) is 24.8. The van der Waals surface area contributed by atoms with Crippen molar-refractivity contribution in [3.63, 3.8) is 0 Å². The van der Waals surface area contributed by atoms with E-state index in [0.29, 0.717) is 23.3 Å². The van der Waals surface area contributed by atoms with Crippen molar-refractivity contribution in [1.82, 2.24) is 29.5 Å². The molecule has 0 unspecified atom stereocenters. The number of hydrogen-bond acceptors (Lipinski definition) is 5. The lowest BCUT2D eigenvalue weighted by atomic mass is 9.79. The van der Waals surface area contributed by atoms with Crippen LogP contribution in [0.15, 0.2) is 194 Å². The predicted octanol–water partition coefficient (Wildman–Crippen LogP) is 18.6. The Morgan fingerprint density at radius 3 is 1.21 bits per heavy atom. The normalized spacial score (nSPS) is 12.4. The molecule has 0 N–H and O–H groups in total. The van der Waals surface area contributed by atoms with Gasteiger partial charge in [0.25, 0.3) is 0 Å². The van der Waals surface area contributed by atoms with Gasteiger partial charge < -0.3 is 4.57 Å². The van der Waals surface area contributed by atoms with Crippen LogP contribution in [-0.4, -0.2) is 29.5 Å². The molecule has 6 nitrogen and oxygen atoms in total. The summed E-state index contributed by atoms with van der Waals surface area (Å²) in [6, 6.07) is 69.4. The Hall–Kier alpha value is -8.35. The summed E-state index contributed by atoms with van der Waals surface area (Å²) < 4.78 is 2.40. The smallest absolute Gasteiger partial charge is 0.164 e. The monoisotopic (exact) mass is 1000 g/mol. The van der Waals surface area contributed by atoms with E-state index < -0.39 is 0 Å². The molecule has 3 aromatic heterocycles. The maximum atomic E-state index is 5.52. The number of hydrogen-bond donors (Lipinski definition) is 0. The Bertz CT molecular complexity index is 3780. The quantitative estimate of drug-likeness (QED) is 0.152. The number of aromatic nitrogens is 6. The van der Waals surface area contributed by atoms with E-state index in [9.17, 15) is 0 Å². The minimum atomic E-state index is -0.118. The van der Waals surface area contributed by atoms with Gasteiger partial charge in [-0.3, -0.25) is 0 Å². The fourth-order valence-corrected chi connectivity index (χ4v) is 10.2. The molecule has 0 aliphatic rings. The Balaban J connectivity index is 1.22. The van der Waals surface area contributed by atoms with Crippen LogP contribution in [0.3, 0.4) is 0 Å². The lowest BCUT2D eigenvalue weighted by Gasteiger charge is -2.26. The van der Waals surface area contributed by atoms with Crippen LogP contribution in [0.2, 0.25) is 0 Å². The van der Waals surface area contributed by atoms with E-state index in [-0.39, 0.29) is 21.7 Å². The summed E-state index contributed by atoms with van der Waals surface area (Å²) in [5.74, 6) is 2.47. The van der Waals surface area contributed by atoms with Crippen LogP contribution in [0.5, 0.6) is 0 Å². The van der Waals surface area contributed by atoms with E-state index in [1.807, 2.05) is 24.3 Å². The first-order chi connectivity index (χ1) is 36.7. The van der Waals surface area contributed by atoms with Crippen LogP contribution >= 0.6 is 0 Å². The molecule has 11 rings (SSSR count). The highest BCUT2D eigenvalue weighted by Gasteiger charge is 2.27. The SMILES string of the molecule is CC(C)(C)c1cc(-c2nc(-c3cc(C(C)(C)C)cc(C(C)(C)C)c3)nc(-c3ccc(-n4c5ccccc5c5cc(-c6ccccc6)ccc54)c(-c4cc(-c5ccccc5)nc(-c5ccccc5)n4)c3)n2)cc(C(C)(C)C)c1. The van der Waals surface area contributed by atoms with Crippen molar-refractivity contribution >= 4 is 21.8 Å². The lowest BCUT2D eigenvalue weighted by molar-refractivity contribution is 0.568. The standard InChI is InChI=1S/C71H68N6/c1-68(2,3)52-36-50(37-53(42-52)69(4,5)6)66-74-65(75-67(76-66)51-38-54(70(7,8)9)43-55(39-51)71(10,11)12)49-33-35-63(77-61-31-23-22-30-56(61)57-40-48(32-34-62(57)77)45-24-16-13-17-25-45)58(41-49)60-44-59(46-26-18-14-19-27-46)72-64(73-60)47-28-20-15-21-29-47/h13-44H,1-12H3. The largest absolute Gasteiger partial charge is 0.309 e. The molecule has 0 spiro atoms. The third-order valence-electron chi connectivity index (χ3n) is 14.9. The first-order valence-electron chi connectivity index (χ1n) is 27.0. The Labute approximate surface area is 455 Å². The van der Waals surface area contributed by atoms with Crippen molar-refractivity contribution in [3.8, 4) is 84.9 Å². The third kappa shape index (κ3) is 10.3. The van der Waals surface area contributed by atoms with Crippen molar-refractivity contribution in [2.75, 3.05) is 0 Å². The Morgan fingerprint density at radius 2 is 0.688 bits per heavy atom. The Kier molecular flexibility index (Phi) is 12.8. The maximum absolute atomic E-state index is 5.52. The summed E-state index contributed by atoms with van der Waals surface area (Å²) in [6.45, 7) is 27.3. The van der Waals surface area contributed by atoms with Gasteiger partial charge in [-0.15, -0.1) is 0 Å². The van der Waals surface area contributed by atoms with Crippen molar-refractivity contribution in [1.29, 1.82) is 0 Å². The van der Waals surface area contributed by atoms with Gasteiger partial charge in [-0.1, -0.05) is 210 Å². The van der Waals surface area contributed by atoms with E-state index >= 15 is 0 Å². The molecule has 0 atom stereocenters. The van der Waals surface area contributed by atoms with Crippen LogP contribution in [-0.2, 0) is 21.7 Å². The molecule has 0 fully saturated rings. The number of benzene rings is 8. The highest BCUT2D eigenvalue weighted by atomic mass is 15.0. The second-order valence-corrected chi connectivity index (χ2v) is 24.8. The highest BCUT2D eigenvalue weighted by molar-refractivity contribution is 6.11. The van der Waals surface area contributed by atoms with Gasteiger partial charge >= 0.3 is 0 Å². The summed E-state index contributed by atoms with van der Waals surface area (Å²) in [5, 5.41) is 2.33. The highest BCUT2D eigenvalue weighted by Crippen LogP contribution is 2.42. The van der Waals surface area contributed by atoms with Gasteiger partial charge in [0.15, 0.2) is 23.3 Å². The van der Waals surface area contributed by atoms with Gasteiger partial charge in [-0.2, -0.15) is 0 Å². The molecule has 382 valence electrons. The molecule has 6 heteroatoms. The van der Waals surface area contributed by atoms with Gasteiger partial charge in [0, 0.05) is 44.2 Å². The molecule has 0 saturated carbocycles. The van der Waals surface area contributed by atoms with Crippen molar-refractivity contribution in [2.24, 2.45) is 0 Å². The molecule has 77 heavy (non-hydrogen) atoms. The zero-order valence-corrected chi connectivity index (χ0v) is 46.7. The minimum Gasteiger partial charge on any atom is -0.309 e. The molecule has 8 aromatic carbocycles. The predicted molar refractivity (Wildman–Crippen MR) is 323 cm³/mol. The van der Waals surface area contributed by atoms with E-state index in [2.05, 4.69) is 258 Å². The zero-order chi connectivity index (χ0) is 54.0. The van der Waals surface area contributed by atoms with Gasteiger partial charge in [0.2, 0.25) is 0 Å². The first kappa shape index (κ1) is 50.8. The van der Waals surface area contributed by atoms with Gasteiger partial charge in [0.1, 0.15) is 0 Å². The van der Waals surface area contributed by atoms with Gasteiger partial charge in [0.05, 0.1) is 28.1 Å². The van der Waals surface area contributed by atoms with Crippen LogP contribution < -0.4 is 0 Å².